The molecule has 1 aliphatic heterocycles. The normalized spacial score (nSPS) is 18.7. The van der Waals surface area contributed by atoms with Gasteiger partial charge in [0.15, 0.2) is 6.61 Å². The van der Waals surface area contributed by atoms with Crippen LogP contribution in [0.15, 0.2) is 48.8 Å². The van der Waals surface area contributed by atoms with Crippen LogP contribution in [-0.4, -0.2) is 86.7 Å². The fourth-order valence-corrected chi connectivity index (χ4v) is 4.57. The second-order valence-electron chi connectivity index (χ2n) is 9.69. The second kappa shape index (κ2) is 15.6. The van der Waals surface area contributed by atoms with Crippen LogP contribution in [0, 0.1) is 5.41 Å². The smallest absolute Gasteiger partial charge is 0.314 e. The Balaban J connectivity index is 1.89. The third kappa shape index (κ3) is 9.33. The van der Waals surface area contributed by atoms with Gasteiger partial charge in [0.05, 0.1) is 25.0 Å². The molecule has 0 fully saturated rings. The van der Waals surface area contributed by atoms with Gasteiger partial charge in [0, 0.05) is 45.7 Å². The number of aromatic nitrogens is 1. The van der Waals surface area contributed by atoms with E-state index in [1.54, 1.807) is 56.8 Å². The molecule has 11 nitrogen and oxygen atoms in total. The minimum Gasteiger partial charge on any atom is -0.484 e. The third-order valence-corrected chi connectivity index (χ3v) is 6.62. The molecular weight excluding hydrogens is 516 g/mol. The molecule has 0 spiro atoms. The highest BCUT2D eigenvalue weighted by Crippen LogP contribution is 2.32. The average Bonchev–Trinajstić information content (AvgIpc) is 2.94. The van der Waals surface area contributed by atoms with Crippen LogP contribution in [-0.2, 0) is 41.5 Å². The third-order valence-electron chi connectivity index (χ3n) is 6.62. The lowest BCUT2D eigenvalue weighted by Gasteiger charge is -2.32. The Bertz CT molecular complexity index is 1140. The van der Waals surface area contributed by atoms with Gasteiger partial charge in [-0.2, -0.15) is 0 Å². The molecule has 1 aromatic carbocycles. The van der Waals surface area contributed by atoms with Crippen molar-refractivity contribution in [3.05, 3.63) is 59.9 Å². The fraction of sp³-hybridized carbons (Fsp3) is 0.483. The van der Waals surface area contributed by atoms with Crippen LogP contribution >= 0.6 is 0 Å². The van der Waals surface area contributed by atoms with Gasteiger partial charge in [-0.15, -0.1) is 0 Å². The van der Waals surface area contributed by atoms with E-state index in [2.05, 4.69) is 15.6 Å². The number of methoxy groups -OCH3 is 1. The van der Waals surface area contributed by atoms with Gasteiger partial charge in [0.2, 0.25) is 11.8 Å². The molecule has 1 atom stereocenters. The maximum absolute atomic E-state index is 13.4. The van der Waals surface area contributed by atoms with Gasteiger partial charge in [-0.1, -0.05) is 18.2 Å². The molecule has 1 aliphatic rings. The Kier molecular flexibility index (Phi) is 11.9. The fourth-order valence-electron chi connectivity index (χ4n) is 4.57. The van der Waals surface area contributed by atoms with Crippen LogP contribution < -0.4 is 15.4 Å². The number of carbonyl (C=O) groups excluding carboxylic acids is 4. The van der Waals surface area contributed by atoms with Gasteiger partial charge in [-0.05, 0) is 55.5 Å². The molecular formula is C29H38N4O7. The van der Waals surface area contributed by atoms with Crippen LogP contribution in [0.4, 0.5) is 0 Å². The van der Waals surface area contributed by atoms with E-state index < -0.39 is 17.3 Å². The molecule has 0 saturated carbocycles. The first-order valence-corrected chi connectivity index (χ1v) is 13.4. The molecule has 2 aromatic rings. The summed E-state index contributed by atoms with van der Waals surface area (Å²) in [5, 5.41) is 5.61. The number of nitrogens with zero attached hydrogens (tertiary/aromatic N) is 2. The van der Waals surface area contributed by atoms with Gasteiger partial charge in [-0.25, -0.2) is 0 Å². The Morgan fingerprint density at radius 2 is 2.00 bits per heavy atom. The molecule has 216 valence electrons. The van der Waals surface area contributed by atoms with Crippen molar-refractivity contribution in [1.29, 1.82) is 0 Å². The molecule has 40 heavy (non-hydrogen) atoms. The summed E-state index contributed by atoms with van der Waals surface area (Å²) in [7, 11) is 1.59. The van der Waals surface area contributed by atoms with Gasteiger partial charge in [0.25, 0.3) is 5.91 Å². The maximum Gasteiger partial charge on any atom is 0.314 e. The summed E-state index contributed by atoms with van der Waals surface area (Å²) in [6.45, 7) is 2.17. The van der Waals surface area contributed by atoms with Crippen LogP contribution in [0.25, 0.3) is 0 Å². The summed E-state index contributed by atoms with van der Waals surface area (Å²) >= 11 is 0. The van der Waals surface area contributed by atoms with Crippen molar-refractivity contribution in [1.82, 2.24) is 20.5 Å². The Labute approximate surface area is 234 Å². The molecule has 0 aliphatic carbocycles. The highest BCUT2D eigenvalue weighted by atomic mass is 16.5. The van der Waals surface area contributed by atoms with Crippen molar-refractivity contribution in [2.24, 2.45) is 5.41 Å². The number of amides is 3. The van der Waals surface area contributed by atoms with Crippen LogP contribution in [0.3, 0.4) is 0 Å². The van der Waals surface area contributed by atoms with E-state index >= 15 is 0 Å². The van der Waals surface area contributed by atoms with Crippen molar-refractivity contribution >= 4 is 23.7 Å². The standard InChI is InChI=1S/C29H38N4O7/c1-3-39-28(37)29(10-6-14-38-2)17-22-7-4-9-24(15-22)40-20-26(35)31-12-13-33(19-25(34)32-21-29)27(36)16-23-8-5-11-30-18-23/h4-5,7-9,11,15,18H,3,6,10,12-14,16-17,19-21H2,1-2H3,(H,31,35)(H,32,34). The topological polar surface area (TPSA) is 136 Å². The van der Waals surface area contributed by atoms with E-state index in [0.29, 0.717) is 30.8 Å². The number of ether oxygens (including phenoxy) is 3. The van der Waals surface area contributed by atoms with Crippen LogP contribution in [0.1, 0.15) is 30.9 Å². The van der Waals surface area contributed by atoms with Crippen molar-refractivity contribution < 1.29 is 33.4 Å². The summed E-state index contributed by atoms with van der Waals surface area (Å²) in [6.07, 6.45) is 4.49. The molecule has 2 N–H and O–H groups in total. The number of hydrogen-bond acceptors (Lipinski definition) is 8. The first kappa shape index (κ1) is 30.6. The predicted molar refractivity (Wildman–Crippen MR) is 146 cm³/mol. The van der Waals surface area contributed by atoms with E-state index in [1.807, 2.05) is 6.07 Å². The van der Waals surface area contributed by atoms with Gasteiger partial charge in [0.1, 0.15) is 5.75 Å². The molecule has 11 heteroatoms. The van der Waals surface area contributed by atoms with E-state index in [-0.39, 0.29) is 64.0 Å². The number of fused-ring (bicyclic) bond motifs is 2. The summed E-state index contributed by atoms with van der Waals surface area (Å²) in [4.78, 5) is 57.6. The highest BCUT2D eigenvalue weighted by Gasteiger charge is 2.40. The Morgan fingerprint density at radius 1 is 1.15 bits per heavy atom. The first-order chi connectivity index (χ1) is 19.3. The summed E-state index contributed by atoms with van der Waals surface area (Å²) in [6, 6.07) is 10.7. The lowest BCUT2D eigenvalue weighted by molar-refractivity contribution is -0.156. The number of carbonyl (C=O) groups is 4. The molecule has 2 bridgehead atoms. The quantitative estimate of drug-likeness (QED) is 0.368. The Hall–Kier alpha value is -3.99. The van der Waals surface area contributed by atoms with E-state index in [0.717, 1.165) is 5.56 Å². The number of pyridine rings is 1. The van der Waals surface area contributed by atoms with Gasteiger partial charge >= 0.3 is 5.97 Å². The van der Waals surface area contributed by atoms with Gasteiger partial charge < -0.3 is 29.7 Å². The molecule has 0 radical (unpaired) electrons. The molecule has 1 unspecified atom stereocenters. The summed E-state index contributed by atoms with van der Waals surface area (Å²) in [5.74, 6) is -1.02. The maximum atomic E-state index is 13.4. The van der Waals surface area contributed by atoms with Crippen LogP contribution in [0.2, 0.25) is 0 Å². The predicted octanol–water partition coefficient (Wildman–Crippen LogP) is 1.30. The highest BCUT2D eigenvalue weighted by molar-refractivity contribution is 5.86. The zero-order chi connectivity index (χ0) is 28.8. The molecule has 1 aromatic heterocycles. The molecule has 3 rings (SSSR count). The number of benzene rings is 1. The average molecular weight is 555 g/mol. The Morgan fingerprint density at radius 3 is 2.75 bits per heavy atom. The van der Waals surface area contributed by atoms with Crippen molar-refractivity contribution in [2.45, 2.75) is 32.6 Å². The number of nitrogens with one attached hydrogen (secondary N) is 2. The number of esters is 1. The first-order valence-electron chi connectivity index (χ1n) is 13.4. The summed E-state index contributed by atoms with van der Waals surface area (Å²) < 4.78 is 16.4. The number of hydrogen-bond donors (Lipinski definition) is 2. The van der Waals surface area contributed by atoms with Crippen molar-refractivity contribution in [2.75, 3.05) is 53.1 Å². The van der Waals surface area contributed by atoms with Crippen molar-refractivity contribution in [3.8, 4) is 5.75 Å². The lowest BCUT2D eigenvalue weighted by Crippen LogP contribution is -2.50. The molecule has 3 amide bonds. The van der Waals surface area contributed by atoms with Gasteiger partial charge in [-0.3, -0.25) is 24.2 Å². The zero-order valence-corrected chi connectivity index (χ0v) is 23.1. The lowest BCUT2D eigenvalue weighted by atomic mass is 9.77. The molecule has 0 saturated heterocycles. The minimum atomic E-state index is -1.08. The van der Waals surface area contributed by atoms with Crippen LogP contribution in [0.5, 0.6) is 5.75 Å². The summed E-state index contributed by atoms with van der Waals surface area (Å²) in [5.41, 5.74) is 0.415. The zero-order valence-electron chi connectivity index (χ0n) is 23.1. The monoisotopic (exact) mass is 554 g/mol. The second-order valence-corrected chi connectivity index (χ2v) is 9.69. The SMILES string of the molecule is CCOC(=O)C1(CCCOC)CNC(=O)CN(C(=O)Cc2cccnc2)CCNC(=O)COc2cccc(c2)C1. The molecule has 2 heterocycles. The minimum absolute atomic E-state index is 0.0147. The van der Waals surface area contributed by atoms with Crippen molar-refractivity contribution in [3.63, 3.8) is 0 Å². The largest absolute Gasteiger partial charge is 0.484 e. The van der Waals surface area contributed by atoms with E-state index in [4.69, 9.17) is 14.2 Å². The van der Waals surface area contributed by atoms with E-state index in [9.17, 15) is 19.2 Å². The van der Waals surface area contributed by atoms with E-state index in [1.165, 1.54) is 4.90 Å². The number of rotatable bonds is 8.